The molecule has 4 rings (SSSR count). The average Bonchev–Trinajstić information content (AvgIpc) is 2.94. The lowest BCUT2D eigenvalue weighted by Gasteiger charge is -2.35. The minimum absolute atomic E-state index is 0.0499. The summed E-state index contributed by atoms with van der Waals surface area (Å²) in [6.45, 7) is 1.95. The van der Waals surface area contributed by atoms with Gasteiger partial charge >= 0.3 is 17.8 Å². The van der Waals surface area contributed by atoms with Gasteiger partial charge in [0.1, 0.15) is 0 Å². The van der Waals surface area contributed by atoms with Crippen molar-refractivity contribution in [2.24, 2.45) is 0 Å². The van der Waals surface area contributed by atoms with Crippen LogP contribution in [0.3, 0.4) is 0 Å². The van der Waals surface area contributed by atoms with E-state index in [0.717, 1.165) is 16.2 Å². The van der Waals surface area contributed by atoms with Gasteiger partial charge in [-0.1, -0.05) is 0 Å². The van der Waals surface area contributed by atoms with Crippen LogP contribution in [-0.4, -0.2) is 98.4 Å². The largest absolute Gasteiger partial charge is 0.490 e. The van der Waals surface area contributed by atoms with Crippen molar-refractivity contribution in [2.75, 3.05) is 53.1 Å². The molecule has 0 bridgehead atoms. The van der Waals surface area contributed by atoms with Crippen molar-refractivity contribution in [1.29, 1.82) is 0 Å². The van der Waals surface area contributed by atoms with E-state index in [9.17, 15) is 22.8 Å². The van der Waals surface area contributed by atoms with E-state index in [2.05, 4.69) is 0 Å². The first-order valence-electron chi connectivity index (χ1n) is 9.55. The maximum Gasteiger partial charge on any atom is 0.335 e. The van der Waals surface area contributed by atoms with Crippen LogP contribution < -0.4 is 9.47 Å². The van der Waals surface area contributed by atoms with Crippen LogP contribution in [0.15, 0.2) is 23.1 Å². The molecule has 1 aromatic rings. The minimum Gasteiger partial charge on any atom is -0.490 e. The number of ether oxygens (including phenoxy) is 2. The SMILES string of the molecule is CN1C(=O)C(=O)N(CN2CCN(S(=O)(=O)c3ccc4c(c3)OCCCO4)CC2)C1=O. The smallest absolute Gasteiger partial charge is 0.335 e. The van der Waals surface area contributed by atoms with Crippen molar-refractivity contribution in [3.05, 3.63) is 18.2 Å². The number of likely N-dealkylation sites (N-methyl/N-ethyl adjacent to an activating group) is 1. The number of imide groups is 2. The summed E-state index contributed by atoms with van der Waals surface area (Å²) in [7, 11) is -2.48. The fraction of sp³-hybridized carbons (Fsp3) is 0.500. The summed E-state index contributed by atoms with van der Waals surface area (Å²) in [5.74, 6) is -0.803. The predicted molar refractivity (Wildman–Crippen MR) is 102 cm³/mol. The van der Waals surface area contributed by atoms with Gasteiger partial charge in [0.2, 0.25) is 10.0 Å². The van der Waals surface area contributed by atoms with Gasteiger partial charge in [-0.05, 0) is 12.1 Å². The van der Waals surface area contributed by atoms with E-state index in [-0.39, 0.29) is 24.7 Å². The molecule has 162 valence electrons. The third kappa shape index (κ3) is 3.61. The highest BCUT2D eigenvalue weighted by Gasteiger charge is 2.43. The summed E-state index contributed by atoms with van der Waals surface area (Å²) < 4.78 is 38.6. The second kappa shape index (κ2) is 7.85. The van der Waals surface area contributed by atoms with Gasteiger partial charge in [0, 0.05) is 45.7 Å². The fourth-order valence-electron chi connectivity index (χ4n) is 3.50. The second-order valence-electron chi connectivity index (χ2n) is 7.20. The molecule has 11 nitrogen and oxygen atoms in total. The van der Waals surface area contributed by atoms with Crippen LogP contribution in [0.2, 0.25) is 0 Å². The highest BCUT2D eigenvalue weighted by atomic mass is 32.2. The number of sulfonamides is 1. The molecule has 2 saturated heterocycles. The predicted octanol–water partition coefficient (Wildman–Crippen LogP) is -0.468. The Bertz CT molecular complexity index is 988. The van der Waals surface area contributed by atoms with Crippen molar-refractivity contribution >= 4 is 27.9 Å². The lowest BCUT2D eigenvalue weighted by atomic mass is 10.3. The van der Waals surface area contributed by atoms with Gasteiger partial charge < -0.3 is 9.47 Å². The maximum absolute atomic E-state index is 13.0. The summed E-state index contributed by atoms with van der Waals surface area (Å²) in [5.41, 5.74) is 0. The number of carbonyl (C=O) groups is 3. The van der Waals surface area contributed by atoms with Gasteiger partial charge in [-0.25, -0.2) is 18.1 Å². The number of amides is 4. The van der Waals surface area contributed by atoms with Crippen LogP contribution >= 0.6 is 0 Å². The molecule has 30 heavy (non-hydrogen) atoms. The number of piperazine rings is 1. The molecule has 0 atom stereocenters. The Morgan fingerprint density at radius 2 is 1.60 bits per heavy atom. The van der Waals surface area contributed by atoms with Gasteiger partial charge in [-0.2, -0.15) is 4.31 Å². The van der Waals surface area contributed by atoms with Gasteiger partial charge in [0.15, 0.2) is 11.5 Å². The summed E-state index contributed by atoms with van der Waals surface area (Å²) in [4.78, 5) is 39.1. The maximum atomic E-state index is 13.0. The summed E-state index contributed by atoms with van der Waals surface area (Å²) >= 11 is 0. The van der Waals surface area contributed by atoms with Crippen molar-refractivity contribution in [1.82, 2.24) is 19.0 Å². The first kappa shape index (κ1) is 20.6. The highest BCUT2D eigenvalue weighted by molar-refractivity contribution is 7.89. The van der Waals surface area contributed by atoms with E-state index in [1.165, 1.54) is 23.5 Å². The summed E-state index contributed by atoms with van der Waals surface area (Å²) in [6, 6.07) is 3.90. The number of hydrogen-bond acceptors (Lipinski definition) is 8. The lowest BCUT2D eigenvalue weighted by molar-refractivity contribution is -0.143. The van der Waals surface area contributed by atoms with Crippen LogP contribution in [0.5, 0.6) is 11.5 Å². The molecule has 2 fully saturated rings. The van der Waals surface area contributed by atoms with E-state index in [1.807, 2.05) is 0 Å². The first-order chi connectivity index (χ1) is 14.3. The first-order valence-corrected chi connectivity index (χ1v) is 11.0. The molecule has 0 spiro atoms. The van der Waals surface area contributed by atoms with Gasteiger partial charge in [-0.15, -0.1) is 0 Å². The van der Waals surface area contributed by atoms with Crippen LogP contribution in [-0.2, 0) is 19.6 Å². The van der Waals surface area contributed by atoms with Gasteiger partial charge in [0.05, 0.1) is 24.8 Å². The number of benzene rings is 1. The van der Waals surface area contributed by atoms with Crippen molar-refractivity contribution in [2.45, 2.75) is 11.3 Å². The monoisotopic (exact) mass is 438 g/mol. The molecule has 0 radical (unpaired) electrons. The Kier molecular flexibility index (Phi) is 5.38. The molecule has 0 unspecified atom stereocenters. The minimum atomic E-state index is -3.74. The van der Waals surface area contributed by atoms with Crippen LogP contribution in [0.25, 0.3) is 0 Å². The third-order valence-corrected chi connectivity index (χ3v) is 7.17. The Balaban J connectivity index is 1.41. The topological polar surface area (TPSA) is 117 Å². The molecule has 0 aliphatic carbocycles. The number of carbonyl (C=O) groups excluding carboxylic acids is 3. The zero-order valence-corrected chi connectivity index (χ0v) is 17.3. The Labute approximate surface area is 173 Å². The van der Waals surface area contributed by atoms with E-state index in [4.69, 9.17) is 9.47 Å². The number of fused-ring (bicyclic) bond motifs is 1. The molecule has 1 aromatic carbocycles. The average molecular weight is 438 g/mol. The zero-order valence-electron chi connectivity index (χ0n) is 16.4. The van der Waals surface area contributed by atoms with Crippen LogP contribution in [0.4, 0.5) is 4.79 Å². The number of hydrogen-bond donors (Lipinski definition) is 0. The van der Waals surface area contributed by atoms with E-state index >= 15 is 0 Å². The Morgan fingerprint density at radius 1 is 0.933 bits per heavy atom. The molecular formula is C18H22N4O7S. The zero-order chi connectivity index (χ0) is 21.5. The van der Waals surface area contributed by atoms with Crippen molar-refractivity contribution < 1.29 is 32.3 Å². The van der Waals surface area contributed by atoms with E-state index < -0.39 is 27.9 Å². The molecule has 4 amide bonds. The quantitative estimate of drug-likeness (QED) is 0.458. The van der Waals surface area contributed by atoms with Crippen LogP contribution in [0, 0.1) is 0 Å². The molecule has 3 aliphatic heterocycles. The number of nitrogens with zero attached hydrogens (tertiary/aromatic N) is 4. The molecule has 3 aliphatic rings. The molecular weight excluding hydrogens is 416 g/mol. The van der Waals surface area contributed by atoms with Crippen molar-refractivity contribution in [3.8, 4) is 11.5 Å². The third-order valence-electron chi connectivity index (χ3n) is 5.28. The molecule has 0 aromatic heterocycles. The van der Waals surface area contributed by atoms with Crippen LogP contribution in [0.1, 0.15) is 6.42 Å². The van der Waals surface area contributed by atoms with E-state index in [0.29, 0.717) is 37.8 Å². The van der Waals surface area contributed by atoms with Crippen molar-refractivity contribution in [3.63, 3.8) is 0 Å². The number of rotatable bonds is 4. The Morgan fingerprint density at radius 3 is 2.23 bits per heavy atom. The molecule has 12 heteroatoms. The molecule has 0 saturated carbocycles. The standard InChI is InChI=1S/C18H22N4O7S/c1-19-16(23)17(24)22(18(19)25)12-20-5-7-21(8-6-20)30(26,27)13-3-4-14-15(11-13)29-10-2-9-28-14/h3-4,11H,2,5-10,12H2,1H3. The second-order valence-corrected chi connectivity index (χ2v) is 9.14. The number of urea groups is 1. The summed E-state index contributed by atoms with van der Waals surface area (Å²) in [6.07, 6.45) is 0.724. The molecule has 0 N–H and O–H groups in total. The molecule has 3 heterocycles. The van der Waals surface area contributed by atoms with Gasteiger partial charge in [-0.3, -0.25) is 19.4 Å². The highest BCUT2D eigenvalue weighted by Crippen LogP contribution is 2.33. The summed E-state index contributed by atoms with van der Waals surface area (Å²) in [5, 5.41) is 0. The lowest BCUT2D eigenvalue weighted by Crippen LogP contribution is -2.52. The van der Waals surface area contributed by atoms with E-state index in [1.54, 1.807) is 11.0 Å². The van der Waals surface area contributed by atoms with Gasteiger partial charge in [0.25, 0.3) is 0 Å². The fourth-order valence-corrected chi connectivity index (χ4v) is 4.94. The Hall–Kier alpha value is -2.70. The normalized spacial score (nSPS) is 21.3.